The molecule has 26 heavy (non-hydrogen) atoms. The number of hydrogen-bond donors (Lipinski definition) is 0. The quantitative estimate of drug-likeness (QED) is 0.319. The Morgan fingerprint density at radius 3 is 2.65 bits per heavy atom. The van der Waals surface area contributed by atoms with Crippen molar-refractivity contribution in [1.82, 2.24) is 0 Å². The zero-order valence-corrected chi connectivity index (χ0v) is 16.6. The van der Waals surface area contributed by atoms with Crippen LogP contribution in [0, 0.1) is 13.8 Å². The summed E-state index contributed by atoms with van der Waals surface area (Å²) >= 11 is 4.07. The lowest BCUT2D eigenvalue weighted by atomic mass is 9.79. The molecular formula is C24H20S2. The Morgan fingerprint density at radius 1 is 0.846 bits per heavy atom. The molecule has 128 valence electrons. The van der Waals surface area contributed by atoms with Crippen LogP contribution in [0.3, 0.4) is 0 Å². The predicted octanol–water partition coefficient (Wildman–Crippen LogP) is 7.03. The minimum Gasteiger partial charge on any atom is -0.141 e. The van der Waals surface area contributed by atoms with Crippen LogP contribution in [-0.4, -0.2) is 5.25 Å². The molecule has 0 amide bonds. The fraction of sp³-hybridized carbons (Fsp3) is 0.250. The van der Waals surface area contributed by atoms with Crippen LogP contribution in [-0.2, 0) is 12.8 Å². The zero-order valence-electron chi connectivity index (χ0n) is 15.0. The number of aryl methyl sites for hydroxylation is 2. The van der Waals surface area contributed by atoms with Gasteiger partial charge in [0.1, 0.15) is 0 Å². The van der Waals surface area contributed by atoms with Gasteiger partial charge in [-0.1, -0.05) is 35.9 Å². The third kappa shape index (κ3) is 2.15. The fourth-order valence-electron chi connectivity index (χ4n) is 4.86. The Labute approximate surface area is 162 Å². The first-order chi connectivity index (χ1) is 12.7. The smallest absolute Gasteiger partial charge is 0.0348 e. The summed E-state index contributed by atoms with van der Waals surface area (Å²) in [6.07, 6.45) is 2.40. The van der Waals surface area contributed by atoms with E-state index in [-0.39, 0.29) is 0 Å². The highest BCUT2D eigenvalue weighted by Gasteiger charge is 2.38. The SMILES string of the molecule is Cc1ccc2c3c(ccc2c1)C1Cc2cc4sc(C)cc4cc2CC1S3. The highest BCUT2D eigenvalue weighted by molar-refractivity contribution is 8.00. The summed E-state index contributed by atoms with van der Waals surface area (Å²) in [7, 11) is 0. The van der Waals surface area contributed by atoms with Crippen molar-refractivity contribution in [2.24, 2.45) is 0 Å². The van der Waals surface area contributed by atoms with Crippen LogP contribution < -0.4 is 0 Å². The average Bonchev–Trinajstić information content (AvgIpc) is 3.15. The van der Waals surface area contributed by atoms with Crippen molar-refractivity contribution in [3.05, 3.63) is 75.7 Å². The Kier molecular flexibility index (Phi) is 3.16. The molecule has 2 atom stereocenters. The van der Waals surface area contributed by atoms with Crippen molar-refractivity contribution in [2.45, 2.75) is 42.8 Å². The van der Waals surface area contributed by atoms with Crippen molar-refractivity contribution in [2.75, 3.05) is 0 Å². The van der Waals surface area contributed by atoms with Crippen molar-refractivity contribution in [3.63, 3.8) is 0 Å². The predicted molar refractivity (Wildman–Crippen MR) is 115 cm³/mol. The van der Waals surface area contributed by atoms with Gasteiger partial charge in [-0.05, 0) is 77.7 Å². The first kappa shape index (κ1) is 15.3. The molecule has 0 radical (unpaired) electrons. The molecule has 2 unspecified atom stereocenters. The van der Waals surface area contributed by atoms with Crippen LogP contribution in [0.2, 0.25) is 0 Å². The molecule has 0 saturated heterocycles. The van der Waals surface area contributed by atoms with Crippen LogP contribution in [0.1, 0.15) is 33.0 Å². The van der Waals surface area contributed by atoms with E-state index in [4.69, 9.17) is 0 Å². The molecule has 4 aromatic rings. The topological polar surface area (TPSA) is 0 Å². The standard InChI is InChI=1S/C24H20S2/c1-13-3-5-19-15(7-13)4-6-20-21-10-17-11-22-18(8-14(2)25-22)9-16(17)12-23(21)26-24(19)20/h3-9,11,21,23H,10,12H2,1-2H3. The van der Waals surface area contributed by atoms with Gasteiger partial charge in [0.05, 0.1) is 0 Å². The largest absolute Gasteiger partial charge is 0.141 e. The van der Waals surface area contributed by atoms with Crippen molar-refractivity contribution in [1.29, 1.82) is 0 Å². The van der Waals surface area contributed by atoms with E-state index in [9.17, 15) is 0 Å². The molecule has 6 rings (SSSR count). The van der Waals surface area contributed by atoms with E-state index in [1.54, 1.807) is 21.6 Å². The van der Waals surface area contributed by atoms with Crippen LogP contribution in [0.25, 0.3) is 20.9 Å². The molecule has 3 aromatic carbocycles. The molecule has 1 aliphatic heterocycles. The van der Waals surface area contributed by atoms with Gasteiger partial charge < -0.3 is 0 Å². The highest BCUT2D eigenvalue weighted by Crippen LogP contribution is 2.53. The number of rotatable bonds is 0. The van der Waals surface area contributed by atoms with E-state index < -0.39 is 0 Å². The second-order valence-corrected chi connectivity index (χ2v) is 10.4. The van der Waals surface area contributed by atoms with Gasteiger partial charge in [0, 0.05) is 25.6 Å². The van der Waals surface area contributed by atoms with Gasteiger partial charge >= 0.3 is 0 Å². The number of fused-ring (bicyclic) bond motifs is 7. The minimum absolute atomic E-state index is 0.673. The van der Waals surface area contributed by atoms with Gasteiger partial charge in [-0.25, -0.2) is 0 Å². The van der Waals surface area contributed by atoms with Gasteiger partial charge in [0.2, 0.25) is 0 Å². The molecule has 0 nitrogen and oxygen atoms in total. The number of thioether (sulfide) groups is 1. The van der Waals surface area contributed by atoms with Gasteiger partial charge in [-0.2, -0.15) is 0 Å². The van der Waals surface area contributed by atoms with E-state index in [2.05, 4.69) is 74.1 Å². The lowest BCUT2D eigenvalue weighted by Gasteiger charge is -2.27. The summed E-state index contributed by atoms with van der Waals surface area (Å²) in [6, 6.07) is 19.0. The molecule has 2 heterocycles. The summed E-state index contributed by atoms with van der Waals surface area (Å²) < 4.78 is 1.46. The second-order valence-electron chi connectivity index (χ2n) is 7.90. The molecule has 2 aliphatic rings. The molecule has 0 fully saturated rings. The van der Waals surface area contributed by atoms with E-state index in [1.807, 2.05) is 11.3 Å². The van der Waals surface area contributed by atoms with Crippen molar-refractivity contribution >= 4 is 44.0 Å². The molecule has 2 heteroatoms. The first-order valence-corrected chi connectivity index (χ1v) is 11.1. The second kappa shape index (κ2) is 5.37. The van der Waals surface area contributed by atoms with Gasteiger partial charge in [-0.3, -0.25) is 0 Å². The van der Waals surface area contributed by atoms with Crippen LogP contribution >= 0.6 is 23.1 Å². The molecule has 0 N–H and O–H groups in total. The maximum absolute atomic E-state index is 2.48. The Hall–Kier alpha value is -1.77. The summed E-state index contributed by atoms with van der Waals surface area (Å²) in [5, 5.41) is 4.98. The van der Waals surface area contributed by atoms with Crippen LogP contribution in [0.4, 0.5) is 0 Å². The normalized spacial score (nSPS) is 21.0. The van der Waals surface area contributed by atoms with Crippen LogP contribution in [0.5, 0.6) is 0 Å². The number of benzene rings is 3. The Morgan fingerprint density at radius 2 is 1.73 bits per heavy atom. The average molecular weight is 373 g/mol. The Bertz CT molecular complexity index is 1200. The van der Waals surface area contributed by atoms with Crippen molar-refractivity contribution < 1.29 is 0 Å². The van der Waals surface area contributed by atoms with E-state index >= 15 is 0 Å². The van der Waals surface area contributed by atoms with Gasteiger partial charge in [0.25, 0.3) is 0 Å². The van der Waals surface area contributed by atoms with Crippen molar-refractivity contribution in [3.8, 4) is 0 Å². The van der Waals surface area contributed by atoms with Gasteiger partial charge in [-0.15, -0.1) is 23.1 Å². The molecular weight excluding hydrogens is 352 g/mol. The third-order valence-electron chi connectivity index (χ3n) is 6.10. The molecule has 0 bridgehead atoms. The minimum atomic E-state index is 0.673. The summed E-state index contributed by atoms with van der Waals surface area (Å²) in [6.45, 7) is 4.40. The molecule has 1 aliphatic carbocycles. The Balaban J connectivity index is 1.48. The summed E-state index contributed by atoms with van der Waals surface area (Å²) in [5.41, 5.74) is 6.10. The lowest BCUT2D eigenvalue weighted by Crippen LogP contribution is -2.22. The molecule has 0 spiro atoms. The van der Waals surface area contributed by atoms with Gasteiger partial charge in [0.15, 0.2) is 0 Å². The van der Waals surface area contributed by atoms with E-state index in [0.717, 1.165) is 0 Å². The van der Waals surface area contributed by atoms with Crippen LogP contribution in [0.15, 0.2) is 53.4 Å². The third-order valence-corrected chi connectivity index (χ3v) is 8.60. The highest BCUT2D eigenvalue weighted by atomic mass is 32.2. The monoisotopic (exact) mass is 372 g/mol. The zero-order chi connectivity index (χ0) is 17.4. The first-order valence-electron chi connectivity index (χ1n) is 9.37. The summed E-state index contributed by atoms with van der Waals surface area (Å²) in [5.74, 6) is 0.673. The van der Waals surface area contributed by atoms with E-state index in [1.165, 1.54) is 44.1 Å². The number of thiophene rings is 1. The summed E-state index contributed by atoms with van der Waals surface area (Å²) in [4.78, 5) is 2.96. The molecule has 1 aromatic heterocycles. The number of hydrogen-bond acceptors (Lipinski definition) is 2. The van der Waals surface area contributed by atoms with E-state index in [0.29, 0.717) is 11.2 Å². The fourth-order valence-corrected chi connectivity index (χ4v) is 7.47. The molecule has 0 saturated carbocycles. The maximum Gasteiger partial charge on any atom is 0.0348 e. The lowest BCUT2D eigenvalue weighted by molar-refractivity contribution is 0.610. The maximum atomic E-state index is 2.48.